The summed E-state index contributed by atoms with van der Waals surface area (Å²) in [5.74, 6) is 1.52. The van der Waals surface area contributed by atoms with Gasteiger partial charge in [-0.1, -0.05) is 18.2 Å². The average Bonchev–Trinajstić information content (AvgIpc) is 3.13. The Balaban J connectivity index is 1.99. The maximum absolute atomic E-state index is 11.5. The molecule has 2 aliphatic carbocycles. The van der Waals surface area contributed by atoms with Gasteiger partial charge in [0.25, 0.3) is 0 Å². The van der Waals surface area contributed by atoms with Gasteiger partial charge in [-0.2, -0.15) is 0 Å². The first-order chi connectivity index (χ1) is 8.64. The van der Waals surface area contributed by atoms with E-state index in [9.17, 15) is 4.79 Å². The normalized spacial score (nSPS) is 22.7. The fourth-order valence-electron chi connectivity index (χ4n) is 3.17. The number of methoxy groups -OCH3 is 1. The van der Waals surface area contributed by atoms with Crippen LogP contribution in [0.5, 0.6) is 5.75 Å². The molecule has 0 N–H and O–H groups in total. The van der Waals surface area contributed by atoms with Crippen LogP contribution in [0.2, 0.25) is 0 Å². The third-order valence-electron chi connectivity index (χ3n) is 4.29. The van der Waals surface area contributed by atoms with E-state index >= 15 is 0 Å². The fraction of sp³-hybridized carbons (Fsp3) is 0.438. The van der Waals surface area contributed by atoms with Crippen LogP contribution in [0.25, 0.3) is 0 Å². The van der Waals surface area contributed by atoms with Crippen LogP contribution in [-0.2, 0) is 11.2 Å². The first-order valence-corrected chi connectivity index (χ1v) is 6.51. The van der Waals surface area contributed by atoms with E-state index in [1.54, 1.807) is 14.0 Å². The van der Waals surface area contributed by atoms with Gasteiger partial charge in [-0.15, -0.1) is 0 Å². The first-order valence-electron chi connectivity index (χ1n) is 6.51. The van der Waals surface area contributed by atoms with Crippen LogP contribution in [-0.4, -0.2) is 12.9 Å². The minimum absolute atomic E-state index is 0.202. The van der Waals surface area contributed by atoms with Crippen molar-refractivity contribution in [2.75, 3.05) is 7.11 Å². The number of fused-ring (bicyclic) bond motifs is 1. The van der Waals surface area contributed by atoms with Crippen LogP contribution >= 0.6 is 0 Å². The largest absolute Gasteiger partial charge is 0.497 e. The van der Waals surface area contributed by atoms with Gasteiger partial charge in [0.05, 0.1) is 7.11 Å². The number of benzene rings is 1. The zero-order valence-corrected chi connectivity index (χ0v) is 10.9. The molecule has 2 nitrogen and oxygen atoms in total. The maximum Gasteiger partial charge on any atom is 0.130 e. The number of allylic oxidation sites excluding steroid dienone is 2. The molecule has 2 aliphatic rings. The van der Waals surface area contributed by atoms with Crippen molar-refractivity contribution in [1.82, 2.24) is 0 Å². The molecule has 1 aromatic rings. The van der Waals surface area contributed by atoms with Crippen LogP contribution in [0.4, 0.5) is 0 Å². The second-order valence-electron chi connectivity index (χ2n) is 5.47. The number of carbonyl (C=O) groups is 1. The molecule has 0 saturated carbocycles. The number of hydrogen-bond donors (Lipinski definition) is 0. The lowest BCUT2D eigenvalue weighted by molar-refractivity contribution is -0.117. The Kier molecular flexibility index (Phi) is 2.54. The summed E-state index contributed by atoms with van der Waals surface area (Å²) in [6, 6.07) is 6.27. The Morgan fingerprint density at radius 1 is 1.44 bits per heavy atom. The molecule has 0 aliphatic heterocycles. The van der Waals surface area contributed by atoms with Gasteiger partial charge in [0, 0.05) is 17.8 Å². The molecule has 0 aromatic heterocycles. The summed E-state index contributed by atoms with van der Waals surface area (Å²) >= 11 is 0. The second kappa shape index (κ2) is 3.98. The molecule has 0 radical (unpaired) electrons. The van der Waals surface area contributed by atoms with Crippen molar-refractivity contribution >= 4 is 5.78 Å². The molecule has 18 heavy (non-hydrogen) atoms. The van der Waals surface area contributed by atoms with E-state index in [2.05, 4.69) is 24.3 Å². The molecule has 0 bridgehead atoms. The van der Waals surface area contributed by atoms with Crippen LogP contribution in [0, 0.1) is 5.41 Å². The number of aryl methyl sites for hydroxylation is 1. The molecule has 1 spiro atoms. The van der Waals surface area contributed by atoms with E-state index in [-0.39, 0.29) is 11.2 Å². The topological polar surface area (TPSA) is 26.3 Å². The summed E-state index contributed by atoms with van der Waals surface area (Å²) in [5, 5.41) is 0. The standard InChI is InChI=1S/C16H18O2/c1-11(17)9-15-14-4-3-13(18-2)10-12(14)5-6-16(15)7-8-16/h3-4,7-8,10,15H,5-6,9H2,1-2H3/t15-/m1/s1. The number of rotatable bonds is 3. The lowest BCUT2D eigenvalue weighted by atomic mass is 9.69. The minimum atomic E-state index is 0.202. The van der Waals surface area contributed by atoms with E-state index in [0.717, 1.165) is 18.6 Å². The van der Waals surface area contributed by atoms with Crippen molar-refractivity contribution in [2.24, 2.45) is 5.41 Å². The highest BCUT2D eigenvalue weighted by Gasteiger charge is 2.46. The third-order valence-corrected chi connectivity index (χ3v) is 4.29. The zero-order valence-electron chi connectivity index (χ0n) is 10.9. The zero-order chi connectivity index (χ0) is 12.8. The number of hydrogen-bond acceptors (Lipinski definition) is 2. The number of ether oxygens (including phenoxy) is 1. The lowest BCUT2D eigenvalue weighted by Crippen LogP contribution is -2.25. The van der Waals surface area contributed by atoms with Gasteiger partial charge >= 0.3 is 0 Å². The molecule has 0 unspecified atom stereocenters. The van der Waals surface area contributed by atoms with Crippen LogP contribution in [0.15, 0.2) is 30.4 Å². The molecular weight excluding hydrogens is 224 g/mol. The monoisotopic (exact) mass is 242 g/mol. The SMILES string of the molecule is COc1ccc2c(c1)CCC1(C=C1)[C@@H]2CC(C)=O. The predicted octanol–water partition coefficient (Wildman–Crippen LogP) is 3.26. The number of ketones is 1. The van der Waals surface area contributed by atoms with E-state index in [1.807, 2.05) is 6.07 Å². The van der Waals surface area contributed by atoms with Crippen LogP contribution in [0.1, 0.15) is 36.8 Å². The van der Waals surface area contributed by atoms with Gasteiger partial charge in [0.1, 0.15) is 11.5 Å². The first kappa shape index (κ1) is 11.5. The molecule has 0 fully saturated rings. The molecule has 0 amide bonds. The number of Topliss-reactive ketones (excluding diaryl/α,β-unsaturated/α-hetero) is 1. The smallest absolute Gasteiger partial charge is 0.130 e. The highest BCUT2D eigenvalue weighted by Crippen LogP contribution is 2.56. The van der Waals surface area contributed by atoms with Crippen molar-refractivity contribution in [3.05, 3.63) is 41.5 Å². The van der Waals surface area contributed by atoms with Crippen molar-refractivity contribution in [1.29, 1.82) is 0 Å². The van der Waals surface area contributed by atoms with E-state index in [4.69, 9.17) is 4.74 Å². The van der Waals surface area contributed by atoms with Gasteiger partial charge in [-0.3, -0.25) is 0 Å². The highest BCUT2D eigenvalue weighted by molar-refractivity contribution is 5.77. The summed E-state index contributed by atoms with van der Waals surface area (Å²) < 4.78 is 5.28. The number of carbonyl (C=O) groups excluding carboxylic acids is 1. The Morgan fingerprint density at radius 2 is 2.22 bits per heavy atom. The van der Waals surface area contributed by atoms with Crippen molar-refractivity contribution in [3.8, 4) is 5.75 Å². The summed E-state index contributed by atoms with van der Waals surface area (Å²) in [5.41, 5.74) is 2.88. The van der Waals surface area contributed by atoms with Gasteiger partial charge in [-0.25, -0.2) is 0 Å². The third kappa shape index (κ3) is 1.76. The van der Waals surface area contributed by atoms with Crippen molar-refractivity contribution < 1.29 is 9.53 Å². The highest BCUT2D eigenvalue weighted by atomic mass is 16.5. The quantitative estimate of drug-likeness (QED) is 0.760. The summed E-state index contributed by atoms with van der Waals surface area (Å²) in [4.78, 5) is 11.5. The van der Waals surface area contributed by atoms with E-state index in [1.165, 1.54) is 11.1 Å². The molecule has 3 rings (SSSR count). The molecule has 94 valence electrons. The molecule has 1 aromatic carbocycles. The molecule has 2 heteroatoms. The van der Waals surface area contributed by atoms with E-state index < -0.39 is 0 Å². The average molecular weight is 242 g/mol. The Labute approximate surface area is 108 Å². The Hall–Kier alpha value is -1.57. The van der Waals surface area contributed by atoms with Gasteiger partial charge in [0.2, 0.25) is 0 Å². The van der Waals surface area contributed by atoms with Gasteiger partial charge in [-0.05, 0) is 43.0 Å². The predicted molar refractivity (Wildman–Crippen MR) is 70.9 cm³/mol. The summed E-state index contributed by atoms with van der Waals surface area (Å²) in [6.07, 6.45) is 7.40. The maximum atomic E-state index is 11.5. The van der Waals surface area contributed by atoms with Crippen molar-refractivity contribution in [3.63, 3.8) is 0 Å². The van der Waals surface area contributed by atoms with Crippen LogP contribution in [0.3, 0.4) is 0 Å². The molecule has 0 saturated heterocycles. The van der Waals surface area contributed by atoms with Crippen LogP contribution < -0.4 is 4.74 Å². The minimum Gasteiger partial charge on any atom is -0.497 e. The lowest BCUT2D eigenvalue weighted by Gasteiger charge is -2.34. The molecule has 1 atom stereocenters. The molecule has 0 heterocycles. The Bertz CT molecular complexity index is 522. The summed E-state index contributed by atoms with van der Waals surface area (Å²) in [7, 11) is 1.70. The van der Waals surface area contributed by atoms with Gasteiger partial charge < -0.3 is 9.53 Å². The van der Waals surface area contributed by atoms with Gasteiger partial charge in [0.15, 0.2) is 0 Å². The van der Waals surface area contributed by atoms with E-state index in [0.29, 0.717) is 12.3 Å². The summed E-state index contributed by atoms with van der Waals surface area (Å²) in [6.45, 7) is 1.69. The van der Waals surface area contributed by atoms with Crippen molar-refractivity contribution in [2.45, 2.75) is 32.1 Å². The fourth-order valence-corrected chi connectivity index (χ4v) is 3.17. The second-order valence-corrected chi connectivity index (χ2v) is 5.47. The Morgan fingerprint density at radius 3 is 2.83 bits per heavy atom. The molecular formula is C16H18O2.